The molecule has 0 fully saturated rings. The molecule has 0 N–H and O–H groups in total. The summed E-state index contributed by atoms with van der Waals surface area (Å²) in [6.45, 7) is 0. The minimum absolute atomic E-state index is 0. The van der Waals surface area contributed by atoms with Crippen LogP contribution in [0, 0.1) is 36.9 Å². The van der Waals surface area contributed by atoms with Crippen LogP contribution >= 0.6 is 95.6 Å². The van der Waals surface area contributed by atoms with Crippen molar-refractivity contribution in [1.82, 2.24) is 47.5 Å². The first-order valence-electron chi connectivity index (χ1n) is 41.8. The number of fused-ring (bicyclic) bond motifs is 8. The van der Waals surface area contributed by atoms with Crippen LogP contribution in [-0.2, 0) is 40.2 Å². The first kappa shape index (κ1) is 87.5. The van der Waals surface area contributed by atoms with Crippen molar-refractivity contribution < 1.29 is 40.2 Å². The van der Waals surface area contributed by atoms with E-state index in [2.05, 4.69) is 254 Å². The molecule has 0 aliphatic heterocycles. The van der Waals surface area contributed by atoms with Crippen molar-refractivity contribution >= 4 is 162 Å². The summed E-state index contributed by atoms with van der Waals surface area (Å²) in [6.07, 6.45) is 16.6. The van der Waals surface area contributed by atoms with Gasteiger partial charge in [-0.3, -0.25) is 19.9 Å². The fourth-order valence-corrected chi connectivity index (χ4v) is 21.4. The summed E-state index contributed by atoms with van der Waals surface area (Å²) in [5.41, 5.74) is 27.3. The summed E-state index contributed by atoms with van der Waals surface area (Å²) in [6, 6.07) is 115. The molecular weight excluding hydrogens is 2410 g/mol. The van der Waals surface area contributed by atoms with Crippen LogP contribution in [-0.4, -0.2) is 47.5 Å². The van der Waals surface area contributed by atoms with Gasteiger partial charge in [0.1, 0.15) is 0 Å². The van der Waals surface area contributed by atoms with Gasteiger partial charge in [-0.05, 0) is 145 Å². The summed E-state index contributed by atoms with van der Waals surface area (Å²) in [5.74, 6) is 0. The van der Waals surface area contributed by atoms with E-state index in [4.69, 9.17) is 29.9 Å². The van der Waals surface area contributed by atoms with E-state index in [-0.39, 0.29) is 62.4 Å². The monoisotopic (exact) mass is 2460 g/mol. The normalized spacial score (nSPS) is 11.5. The van der Waals surface area contributed by atoms with Crippen LogP contribution in [0.1, 0.15) is 0 Å². The van der Waals surface area contributed by atoms with E-state index >= 15 is 0 Å². The Balaban J connectivity index is 0.00000539. The average Bonchev–Trinajstić information content (AvgIpc) is 0.759. The molecule has 0 spiro atoms. The third-order valence-electron chi connectivity index (χ3n) is 24.2. The number of hydrogen-bond donors (Lipinski definition) is 0. The van der Waals surface area contributed by atoms with Crippen molar-refractivity contribution in [3.05, 3.63) is 445 Å². The summed E-state index contributed by atoms with van der Waals surface area (Å²) in [4.78, 5) is 86.0. The molecule has 23 aromatic rings. The Morgan fingerprint density at radius 2 is 0.425 bits per heavy atom. The number of hydrogen-bond acceptors (Lipinski definition) is 10. The molecule has 14 nitrogen and oxygen atoms in total. The zero-order valence-corrected chi connectivity index (χ0v) is 83.7. The quantitative estimate of drug-likeness (QED) is 0.0756. The molecule has 0 amide bonds. The molecule has 0 saturated carbocycles. The van der Waals surface area contributed by atoms with Crippen molar-refractivity contribution in [2.45, 2.75) is 0 Å². The Bertz CT molecular complexity index is 8240. The molecular formula is C112H56Br6Ir2N10O4. The zero-order chi connectivity index (χ0) is 89.3. The SMILES string of the molecule is O=c1c2ccccc2nc2c(Br)c(-c3ccccc3-c3cc(-c4ccccc4-c4c[c-]c(-c5cnc(-c6[c-]cc(-c7ccccc7-c7cc(-c8ccccc8-c8c[c-]n9c(=O)c%10ccccc%10nc9c8Br)cc(-c8ccccc8-c8c[c-]n9c(=O)c%10ccccc%10nc9c8Br)c7)c(Br)c6)cn5)cc4Br)cc(-c4ccccc4-c4c[c-]n5c(=O)c6ccccc6nc5c4Br)c3)c[c-]n12.[Ir+3].[Ir+3]. The molecule has 0 aliphatic carbocycles. The summed E-state index contributed by atoms with van der Waals surface area (Å²) in [5, 5.41) is 1.99. The number of pyridine rings is 4. The van der Waals surface area contributed by atoms with Crippen molar-refractivity contribution in [1.29, 1.82) is 0 Å². The van der Waals surface area contributed by atoms with E-state index in [0.717, 1.165) is 154 Å². The third kappa shape index (κ3) is 15.3. The van der Waals surface area contributed by atoms with Gasteiger partial charge in [-0.15, -0.1) is 71.8 Å². The Morgan fingerprint density at radius 3 is 0.642 bits per heavy atom. The third-order valence-corrected chi connectivity index (χ3v) is 28.7. The second kappa shape index (κ2) is 36.0. The average molecular weight is 2470 g/mol. The maximum Gasteiger partial charge on any atom is 3.00 e. The van der Waals surface area contributed by atoms with E-state index in [1.165, 1.54) is 17.6 Å². The fourth-order valence-electron chi connectivity index (χ4n) is 17.9. The fraction of sp³-hybridized carbons (Fsp3) is 0. The van der Waals surface area contributed by atoms with Crippen molar-refractivity contribution in [3.63, 3.8) is 0 Å². The van der Waals surface area contributed by atoms with Gasteiger partial charge in [0.25, 0.3) is 0 Å². The minimum Gasteiger partial charge on any atom is -0.388 e. The first-order valence-corrected chi connectivity index (χ1v) is 46.6. The molecule has 0 radical (unpaired) electrons. The largest absolute Gasteiger partial charge is 3.00 e. The Labute approximate surface area is 842 Å². The molecule has 23 rings (SSSR count). The first-order chi connectivity index (χ1) is 64.6. The topological polar surface area (TPSA) is 163 Å². The second-order valence-electron chi connectivity index (χ2n) is 31.8. The maximum atomic E-state index is 14.0. The van der Waals surface area contributed by atoms with Crippen LogP contribution in [0.5, 0.6) is 0 Å². The van der Waals surface area contributed by atoms with E-state index in [1.807, 2.05) is 182 Å². The molecule has 9 heterocycles. The van der Waals surface area contributed by atoms with E-state index in [9.17, 15) is 19.2 Å². The van der Waals surface area contributed by atoms with Gasteiger partial charge in [-0.2, -0.15) is 0 Å². The van der Waals surface area contributed by atoms with Crippen LogP contribution < -0.4 is 22.2 Å². The van der Waals surface area contributed by atoms with Crippen molar-refractivity contribution in [2.75, 3.05) is 0 Å². The Morgan fingerprint density at radius 1 is 0.224 bits per heavy atom. The van der Waals surface area contributed by atoms with Crippen molar-refractivity contribution in [3.8, 4) is 156 Å². The van der Waals surface area contributed by atoms with Crippen molar-refractivity contribution in [2.24, 2.45) is 0 Å². The van der Waals surface area contributed by atoms with E-state index < -0.39 is 0 Å². The molecule has 0 saturated heterocycles. The maximum absolute atomic E-state index is 14.0. The van der Waals surface area contributed by atoms with E-state index in [1.54, 1.807) is 36.7 Å². The summed E-state index contributed by atoms with van der Waals surface area (Å²) >= 11 is 23.9. The molecule has 0 unspecified atom stereocenters. The van der Waals surface area contributed by atoms with Gasteiger partial charge in [0.2, 0.25) is 0 Å². The minimum atomic E-state index is -0.216. The Hall–Kier alpha value is -13.2. The standard InChI is InChI=1S/C112H56Br6N10O4.2Ir/c113-93-59-63(41-43-83(93)77-27-7-1-21-71(77)65-53-67(73-23-3-9-29-79(73)85-45-49-125-105(101(85)115)121-95-37-17-13-33-89(95)109(125)129)57-68(54-65)74-24-4-10-30-80(74)86-46-50-126-106(102(86)116)122-96-38-18-14-34-90(96)110(126)130)99-61-120-100(62-119-99)64-42-44-84(94(114)60-64)78-28-8-2-22-72(78)66-55-69(75-25-5-11-31-81(75)87-47-51-127-107(103(87)117)123-97-39-19-15-35-91(97)111(127)131)58-70(56-66)76-26-6-12-32-82(76)88-48-52-128-108(104(88)118)124-98-40-20-16-36-92(98)112(128)132;;/h1-40,43-48,53-62H;;/q-6;2*+3. The molecule has 22 heteroatoms. The van der Waals surface area contributed by atoms with Crippen LogP contribution in [0.3, 0.4) is 0 Å². The van der Waals surface area contributed by atoms with Crippen LogP contribution in [0.4, 0.5) is 0 Å². The predicted molar refractivity (Wildman–Crippen MR) is 547 cm³/mol. The number of halogens is 6. The number of benzene rings is 14. The van der Waals surface area contributed by atoms with Gasteiger partial charge in [-0.25, -0.2) is 0 Å². The number of nitrogens with zero attached hydrogens (tertiary/aromatic N) is 10. The number of rotatable bonds is 14. The van der Waals surface area contributed by atoms with Gasteiger partial charge in [0, 0.05) is 45.3 Å². The van der Waals surface area contributed by atoms with Crippen LogP contribution in [0.2, 0.25) is 0 Å². The molecule has 0 bridgehead atoms. The molecule has 0 atom stereocenters. The van der Waals surface area contributed by atoms with Crippen LogP contribution in [0.25, 0.3) is 222 Å². The van der Waals surface area contributed by atoms with Gasteiger partial charge < -0.3 is 46.7 Å². The molecule has 9 aromatic heterocycles. The van der Waals surface area contributed by atoms with Gasteiger partial charge in [-0.1, -0.05) is 414 Å². The predicted octanol–water partition coefficient (Wildman–Crippen LogP) is 27.8. The van der Waals surface area contributed by atoms with Gasteiger partial charge >= 0.3 is 40.2 Å². The smallest absolute Gasteiger partial charge is 0.388 e. The summed E-state index contributed by atoms with van der Waals surface area (Å²) in [7, 11) is 0. The number of para-hydroxylation sites is 4. The zero-order valence-electron chi connectivity index (χ0n) is 69.4. The molecule has 134 heavy (non-hydrogen) atoms. The van der Waals surface area contributed by atoms with Crippen LogP contribution in [0.15, 0.2) is 386 Å². The second-order valence-corrected chi connectivity index (χ2v) is 36.6. The molecule has 0 aliphatic rings. The summed E-state index contributed by atoms with van der Waals surface area (Å²) < 4.78 is 10.0. The van der Waals surface area contributed by atoms with Gasteiger partial charge in [0.05, 0.1) is 44.7 Å². The molecule has 14 aromatic carbocycles. The molecule has 638 valence electrons. The van der Waals surface area contributed by atoms with Gasteiger partial charge in [0.15, 0.2) is 22.2 Å². The van der Waals surface area contributed by atoms with E-state index in [0.29, 0.717) is 95.5 Å². The number of aromatic nitrogens is 10. The Kier molecular flexibility index (Phi) is 23.5.